The molecule has 1 atom stereocenters. The first-order valence-electron chi connectivity index (χ1n) is 9.97. The summed E-state index contributed by atoms with van der Waals surface area (Å²) in [5, 5.41) is 2.79. The van der Waals surface area contributed by atoms with Crippen LogP contribution in [-0.2, 0) is 14.4 Å². The monoisotopic (exact) mass is 411 g/mol. The molecule has 0 aromatic heterocycles. The van der Waals surface area contributed by atoms with Crippen molar-refractivity contribution in [3.05, 3.63) is 59.2 Å². The summed E-state index contributed by atoms with van der Waals surface area (Å²) < 4.78 is 5.67. The van der Waals surface area contributed by atoms with Crippen molar-refractivity contribution in [1.82, 2.24) is 10.9 Å². The van der Waals surface area contributed by atoms with Crippen LogP contribution in [0.4, 0.5) is 5.69 Å². The number of carbonyl (C=O) groups excluding carboxylic acids is 3. The maximum atomic E-state index is 12.3. The van der Waals surface area contributed by atoms with Crippen molar-refractivity contribution in [3.63, 3.8) is 0 Å². The number of nitrogens with one attached hydrogen (secondary N) is 3. The van der Waals surface area contributed by atoms with Crippen LogP contribution in [0.15, 0.2) is 42.5 Å². The molecule has 2 aromatic carbocycles. The Morgan fingerprint density at radius 1 is 0.867 bits per heavy atom. The first-order chi connectivity index (χ1) is 14.3. The number of benzene rings is 2. The smallest absolute Gasteiger partial charge is 0.279 e. The predicted octanol–water partition coefficient (Wildman–Crippen LogP) is 3.34. The second-order valence-electron chi connectivity index (χ2n) is 7.23. The summed E-state index contributed by atoms with van der Waals surface area (Å²) in [6.45, 7) is 7.67. The Hall–Kier alpha value is -3.35. The second kappa shape index (κ2) is 11.0. The minimum Gasteiger partial charge on any atom is -0.481 e. The van der Waals surface area contributed by atoms with Crippen molar-refractivity contribution < 1.29 is 19.1 Å². The summed E-state index contributed by atoms with van der Waals surface area (Å²) in [4.78, 5) is 36.3. The molecule has 0 aliphatic rings. The van der Waals surface area contributed by atoms with Gasteiger partial charge in [-0.3, -0.25) is 25.2 Å². The second-order valence-corrected chi connectivity index (χ2v) is 7.23. The minimum atomic E-state index is -0.735. The molecule has 2 rings (SSSR count). The maximum absolute atomic E-state index is 12.3. The molecule has 0 fully saturated rings. The van der Waals surface area contributed by atoms with E-state index in [-0.39, 0.29) is 18.7 Å². The van der Waals surface area contributed by atoms with E-state index < -0.39 is 17.9 Å². The van der Waals surface area contributed by atoms with E-state index in [1.807, 2.05) is 58.0 Å². The molecule has 3 N–H and O–H groups in total. The van der Waals surface area contributed by atoms with E-state index >= 15 is 0 Å². The van der Waals surface area contributed by atoms with E-state index in [2.05, 4.69) is 16.2 Å². The average Bonchev–Trinajstić information content (AvgIpc) is 2.72. The van der Waals surface area contributed by atoms with Crippen LogP contribution in [0.3, 0.4) is 0 Å². The van der Waals surface area contributed by atoms with Crippen LogP contribution in [0.2, 0.25) is 0 Å². The first-order valence-corrected chi connectivity index (χ1v) is 9.97. The molecule has 3 amide bonds. The van der Waals surface area contributed by atoms with Gasteiger partial charge in [0.2, 0.25) is 11.8 Å². The number of anilines is 1. The standard InChI is InChI=1S/C23H29N3O4/c1-5-20(30-18-9-6-15(2)7-10-18)23(29)26-25-22(28)13-12-21(27)24-19-11-8-16(3)14-17(19)4/h6-11,14,20H,5,12-13H2,1-4H3,(H,24,27)(H,25,28)(H,26,29). The third-order valence-corrected chi connectivity index (χ3v) is 4.52. The molecule has 0 heterocycles. The first kappa shape index (κ1) is 22.9. The van der Waals surface area contributed by atoms with Gasteiger partial charge in [0.05, 0.1) is 0 Å². The number of aryl methyl sites for hydroxylation is 3. The number of amides is 3. The molecule has 30 heavy (non-hydrogen) atoms. The van der Waals surface area contributed by atoms with Gasteiger partial charge in [0.25, 0.3) is 5.91 Å². The van der Waals surface area contributed by atoms with Gasteiger partial charge in [-0.1, -0.05) is 42.3 Å². The van der Waals surface area contributed by atoms with E-state index in [1.165, 1.54) is 0 Å². The summed E-state index contributed by atoms with van der Waals surface area (Å²) in [6.07, 6.45) is -0.340. The Labute approximate surface area is 177 Å². The van der Waals surface area contributed by atoms with Crippen molar-refractivity contribution in [3.8, 4) is 5.75 Å². The number of hydrazine groups is 1. The topological polar surface area (TPSA) is 96.5 Å². The lowest BCUT2D eigenvalue weighted by Gasteiger charge is -2.17. The summed E-state index contributed by atoms with van der Waals surface area (Å²) in [6, 6.07) is 13.1. The number of ether oxygens (including phenoxy) is 1. The van der Waals surface area contributed by atoms with Crippen molar-refractivity contribution in [1.29, 1.82) is 0 Å². The zero-order valence-corrected chi connectivity index (χ0v) is 17.9. The van der Waals surface area contributed by atoms with Crippen molar-refractivity contribution >= 4 is 23.4 Å². The molecular formula is C23H29N3O4. The molecule has 160 valence electrons. The van der Waals surface area contributed by atoms with Gasteiger partial charge in [0.1, 0.15) is 5.75 Å². The lowest BCUT2D eigenvalue weighted by molar-refractivity contribution is -0.133. The Bertz CT molecular complexity index is 894. The lowest BCUT2D eigenvalue weighted by atomic mass is 10.1. The van der Waals surface area contributed by atoms with Gasteiger partial charge in [-0.25, -0.2) is 0 Å². The van der Waals surface area contributed by atoms with Gasteiger partial charge in [-0.05, 0) is 51.0 Å². The van der Waals surface area contributed by atoms with Gasteiger partial charge in [0, 0.05) is 18.5 Å². The van der Waals surface area contributed by atoms with Crippen molar-refractivity contribution in [2.75, 3.05) is 5.32 Å². The highest BCUT2D eigenvalue weighted by molar-refractivity contribution is 5.94. The molecule has 7 heteroatoms. The fourth-order valence-corrected chi connectivity index (χ4v) is 2.77. The van der Waals surface area contributed by atoms with Crippen LogP contribution in [0, 0.1) is 20.8 Å². The molecule has 0 bridgehead atoms. The fourth-order valence-electron chi connectivity index (χ4n) is 2.77. The number of hydrogen-bond donors (Lipinski definition) is 3. The molecule has 0 spiro atoms. The Morgan fingerprint density at radius 3 is 2.13 bits per heavy atom. The molecule has 1 unspecified atom stereocenters. The van der Waals surface area contributed by atoms with Crippen molar-refractivity contribution in [2.24, 2.45) is 0 Å². The summed E-state index contributed by atoms with van der Waals surface area (Å²) in [7, 11) is 0. The van der Waals surface area contributed by atoms with Gasteiger partial charge >= 0.3 is 0 Å². The fraction of sp³-hybridized carbons (Fsp3) is 0.348. The number of rotatable bonds is 8. The van der Waals surface area contributed by atoms with Crippen molar-refractivity contribution in [2.45, 2.75) is 53.1 Å². The van der Waals surface area contributed by atoms with E-state index in [1.54, 1.807) is 12.1 Å². The van der Waals surface area contributed by atoms with Crippen LogP contribution in [0.1, 0.15) is 42.9 Å². The van der Waals surface area contributed by atoms with Crippen LogP contribution >= 0.6 is 0 Å². The largest absolute Gasteiger partial charge is 0.481 e. The molecule has 7 nitrogen and oxygen atoms in total. The Kier molecular flexibility index (Phi) is 8.41. The van der Waals surface area contributed by atoms with E-state index in [4.69, 9.17) is 4.74 Å². The molecule has 0 aliphatic heterocycles. The quantitative estimate of drug-likeness (QED) is 0.581. The molecule has 0 aliphatic carbocycles. The average molecular weight is 412 g/mol. The van der Waals surface area contributed by atoms with E-state index in [0.29, 0.717) is 12.2 Å². The van der Waals surface area contributed by atoms with Crippen LogP contribution < -0.4 is 20.9 Å². The Morgan fingerprint density at radius 2 is 1.50 bits per heavy atom. The summed E-state index contributed by atoms with van der Waals surface area (Å²) in [5.74, 6) is -0.593. The van der Waals surface area contributed by atoms with Crippen LogP contribution in [-0.4, -0.2) is 23.8 Å². The Balaban J connectivity index is 1.75. The highest BCUT2D eigenvalue weighted by Crippen LogP contribution is 2.16. The molecule has 0 radical (unpaired) electrons. The molecule has 0 saturated heterocycles. The van der Waals surface area contributed by atoms with Gasteiger partial charge in [-0.2, -0.15) is 0 Å². The zero-order valence-electron chi connectivity index (χ0n) is 17.9. The SMILES string of the molecule is CCC(Oc1ccc(C)cc1)C(=O)NNC(=O)CCC(=O)Nc1ccc(C)cc1C. The zero-order chi connectivity index (χ0) is 22.1. The van der Waals surface area contributed by atoms with Crippen LogP contribution in [0.25, 0.3) is 0 Å². The lowest BCUT2D eigenvalue weighted by Crippen LogP contribution is -2.48. The highest BCUT2D eigenvalue weighted by Gasteiger charge is 2.19. The summed E-state index contributed by atoms with van der Waals surface area (Å²) >= 11 is 0. The third-order valence-electron chi connectivity index (χ3n) is 4.52. The molecular weight excluding hydrogens is 382 g/mol. The van der Waals surface area contributed by atoms with E-state index in [9.17, 15) is 14.4 Å². The number of carbonyl (C=O) groups is 3. The molecule has 2 aromatic rings. The number of hydrogen-bond acceptors (Lipinski definition) is 4. The van der Waals surface area contributed by atoms with E-state index in [0.717, 1.165) is 22.4 Å². The highest BCUT2D eigenvalue weighted by atomic mass is 16.5. The molecule has 0 saturated carbocycles. The van der Waals surface area contributed by atoms with Gasteiger partial charge < -0.3 is 10.1 Å². The van der Waals surface area contributed by atoms with Crippen LogP contribution in [0.5, 0.6) is 5.75 Å². The minimum absolute atomic E-state index is 0.00604. The third kappa shape index (κ3) is 7.24. The van der Waals surface area contributed by atoms with Gasteiger partial charge in [-0.15, -0.1) is 0 Å². The maximum Gasteiger partial charge on any atom is 0.279 e. The predicted molar refractivity (Wildman–Crippen MR) is 116 cm³/mol. The summed E-state index contributed by atoms with van der Waals surface area (Å²) in [5.41, 5.74) is 8.57. The normalized spacial score (nSPS) is 11.3. The van der Waals surface area contributed by atoms with Gasteiger partial charge in [0.15, 0.2) is 6.10 Å².